The molecule has 0 fully saturated rings. The number of ether oxygens (including phenoxy) is 2. The van der Waals surface area contributed by atoms with Crippen molar-refractivity contribution in [3.8, 4) is 0 Å². The SMILES string of the molecule is COCCOC(=O)c1cccc(N)c1C. The van der Waals surface area contributed by atoms with Gasteiger partial charge >= 0.3 is 5.97 Å². The molecule has 0 aliphatic heterocycles. The van der Waals surface area contributed by atoms with Crippen LogP contribution in [0, 0.1) is 6.92 Å². The highest BCUT2D eigenvalue weighted by atomic mass is 16.6. The minimum atomic E-state index is -0.364. The molecular weight excluding hydrogens is 194 g/mol. The zero-order chi connectivity index (χ0) is 11.3. The zero-order valence-electron chi connectivity index (χ0n) is 8.95. The maximum atomic E-state index is 11.6. The lowest BCUT2D eigenvalue weighted by atomic mass is 10.1. The van der Waals surface area contributed by atoms with Crippen molar-refractivity contribution in [2.24, 2.45) is 0 Å². The molecule has 4 heteroatoms. The molecule has 1 aromatic carbocycles. The van der Waals surface area contributed by atoms with Crippen LogP contribution in [-0.2, 0) is 9.47 Å². The summed E-state index contributed by atoms with van der Waals surface area (Å²) in [5.41, 5.74) is 7.53. The van der Waals surface area contributed by atoms with Crippen molar-refractivity contribution in [2.45, 2.75) is 6.92 Å². The molecule has 1 rings (SSSR count). The van der Waals surface area contributed by atoms with Crippen molar-refractivity contribution in [3.05, 3.63) is 29.3 Å². The van der Waals surface area contributed by atoms with Crippen LogP contribution in [0.1, 0.15) is 15.9 Å². The minimum Gasteiger partial charge on any atom is -0.460 e. The molecule has 0 amide bonds. The van der Waals surface area contributed by atoms with E-state index in [1.165, 1.54) is 0 Å². The number of carbonyl (C=O) groups excluding carboxylic acids is 1. The highest BCUT2D eigenvalue weighted by Crippen LogP contribution is 2.16. The van der Waals surface area contributed by atoms with Gasteiger partial charge in [-0.25, -0.2) is 4.79 Å². The largest absolute Gasteiger partial charge is 0.460 e. The van der Waals surface area contributed by atoms with Crippen LogP contribution in [0.4, 0.5) is 5.69 Å². The van der Waals surface area contributed by atoms with Crippen molar-refractivity contribution in [2.75, 3.05) is 26.1 Å². The van der Waals surface area contributed by atoms with E-state index in [-0.39, 0.29) is 12.6 Å². The van der Waals surface area contributed by atoms with Gasteiger partial charge in [0.2, 0.25) is 0 Å². The molecule has 0 aliphatic rings. The lowest BCUT2D eigenvalue weighted by molar-refractivity contribution is 0.0387. The Bertz CT molecular complexity index is 350. The summed E-state index contributed by atoms with van der Waals surface area (Å²) in [5.74, 6) is -0.364. The van der Waals surface area contributed by atoms with Gasteiger partial charge in [-0.3, -0.25) is 0 Å². The van der Waals surface area contributed by atoms with Crippen LogP contribution in [0.3, 0.4) is 0 Å². The summed E-state index contributed by atoms with van der Waals surface area (Å²) in [6.45, 7) is 2.44. The van der Waals surface area contributed by atoms with Gasteiger partial charge in [-0.1, -0.05) is 6.07 Å². The van der Waals surface area contributed by atoms with Crippen LogP contribution in [0.15, 0.2) is 18.2 Å². The normalized spacial score (nSPS) is 10.0. The van der Waals surface area contributed by atoms with Gasteiger partial charge in [0.15, 0.2) is 0 Å². The monoisotopic (exact) mass is 209 g/mol. The van der Waals surface area contributed by atoms with Crippen LogP contribution in [0.25, 0.3) is 0 Å². The lowest BCUT2D eigenvalue weighted by Crippen LogP contribution is -2.11. The van der Waals surface area contributed by atoms with Crippen molar-refractivity contribution >= 4 is 11.7 Å². The van der Waals surface area contributed by atoms with E-state index in [1.807, 2.05) is 0 Å². The summed E-state index contributed by atoms with van der Waals surface area (Å²) in [4.78, 5) is 11.6. The molecule has 0 radical (unpaired) electrons. The first-order chi connectivity index (χ1) is 7.16. The van der Waals surface area contributed by atoms with E-state index in [0.29, 0.717) is 17.9 Å². The Hall–Kier alpha value is -1.55. The van der Waals surface area contributed by atoms with Crippen LogP contribution in [-0.4, -0.2) is 26.3 Å². The van der Waals surface area contributed by atoms with Gasteiger partial charge in [0.25, 0.3) is 0 Å². The Kier molecular flexibility index (Phi) is 4.12. The predicted octanol–water partition coefficient (Wildman–Crippen LogP) is 1.38. The molecule has 0 heterocycles. The molecule has 0 unspecified atom stereocenters. The van der Waals surface area contributed by atoms with E-state index in [9.17, 15) is 4.79 Å². The number of hydrogen-bond acceptors (Lipinski definition) is 4. The smallest absolute Gasteiger partial charge is 0.338 e. The maximum Gasteiger partial charge on any atom is 0.338 e. The molecule has 82 valence electrons. The van der Waals surface area contributed by atoms with Gasteiger partial charge in [0, 0.05) is 12.8 Å². The van der Waals surface area contributed by atoms with Gasteiger partial charge in [0.05, 0.1) is 12.2 Å². The predicted molar refractivity (Wildman–Crippen MR) is 57.7 cm³/mol. The summed E-state index contributed by atoms with van der Waals surface area (Å²) in [6, 6.07) is 5.18. The first-order valence-electron chi connectivity index (χ1n) is 4.68. The fourth-order valence-corrected chi connectivity index (χ4v) is 1.17. The second-order valence-electron chi connectivity index (χ2n) is 3.15. The third-order valence-corrected chi connectivity index (χ3v) is 2.12. The molecule has 0 saturated heterocycles. The summed E-state index contributed by atoms with van der Waals surface area (Å²) in [5, 5.41) is 0. The Morgan fingerprint density at radius 3 is 2.80 bits per heavy atom. The molecule has 0 aromatic heterocycles. The molecule has 4 nitrogen and oxygen atoms in total. The van der Waals surface area contributed by atoms with Gasteiger partial charge < -0.3 is 15.2 Å². The first-order valence-corrected chi connectivity index (χ1v) is 4.68. The van der Waals surface area contributed by atoms with E-state index < -0.39 is 0 Å². The van der Waals surface area contributed by atoms with Crippen LogP contribution < -0.4 is 5.73 Å². The highest BCUT2D eigenvalue weighted by molar-refractivity contribution is 5.92. The number of benzene rings is 1. The van der Waals surface area contributed by atoms with E-state index in [0.717, 1.165) is 5.56 Å². The summed E-state index contributed by atoms with van der Waals surface area (Å²) < 4.78 is 9.76. The van der Waals surface area contributed by atoms with Crippen molar-refractivity contribution in [1.29, 1.82) is 0 Å². The summed E-state index contributed by atoms with van der Waals surface area (Å²) in [6.07, 6.45) is 0. The molecule has 0 atom stereocenters. The number of anilines is 1. The molecule has 2 N–H and O–H groups in total. The van der Waals surface area contributed by atoms with E-state index >= 15 is 0 Å². The molecule has 0 saturated carbocycles. The Labute approximate surface area is 89.0 Å². The maximum absolute atomic E-state index is 11.6. The van der Waals surface area contributed by atoms with Gasteiger partial charge in [-0.15, -0.1) is 0 Å². The molecule has 1 aromatic rings. The lowest BCUT2D eigenvalue weighted by Gasteiger charge is -2.08. The third-order valence-electron chi connectivity index (χ3n) is 2.12. The average molecular weight is 209 g/mol. The van der Waals surface area contributed by atoms with E-state index in [4.69, 9.17) is 15.2 Å². The molecule has 0 aliphatic carbocycles. The van der Waals surface area contributed by atoms with E-state index in [1.54, 1.807) is 32.2 Å². The standard InChI is InChI=1S/C11H15NO3/c1-8-9(4-3-5-10(8)12)11(13)15-7-6-14-2/h3-5H,6-7,12H2,1-2H3. The van der Waals surface area contributed by atoms with Gasteiger partial charge in [-0.05, 0) is 24.6 Å². The fraction of sp³-hybridized carbons (Fsp3) is 0.364. The molecule has 0 bridgehead atoms. The second kappa shape index (κ2) is 5.36. The number of nitrogens with two attached hydrogens (primary N) is 1. The van der Waals surface area contributed by atoms with E-state index in [2.05, 4.69) is 0 Å². The highest BCUT2D eigenvalue weighted by Gasteiger charge is 2.11. The number of esters is 1. The first kappa shape index (κ1) is 11.5. The number of rotatable bonds is 4. The quantitative estimate of drug-likeness (QED) is 0.462. The Morgan fingerprint density at radius 1 is 1.40 bits per heavy atom. The molecule has 15 heavy (non-hydrogen) atoms. The van der Waals surface area contributed by atoms with Gasteiger partial charge in [0.1, 0.15) is 6.61 Å². The van der Waals surface area contributed by atoms with Crippen molar-refractivity contribution < 1.29 is 14.3 Å². The topological polar surface area (TPSA) is 61.5 Å². The van der Waals surface area contributed by atoms with Crippen molar-refractivity contribution in [1.82, 2.24) is 0 Å². The van der Waals surface area contributed by atoms with Crippen molar-refractivity contribution in [3.63, 3.8) is 0 Å². The second-order valence-corrected chi connectivity index (χ2v) is 3.15. The Balaban J connectivity index is 2.69. The van der Waals surface area contributed by atoms with Crippen LogP contribution >= 0.6 is 0 Å². The number of nitrogen functional groups attached to an aromatic ring is 1. The Morgan fingerprint density at radius 2 is 2.13 bits per heavy atom. The number of methoxy groups -OCH3 is 1. The fourth-order valence-electron chi connectivity index (χ4n) is 1.17. The van der Waals surface area contributed by atoms with Crippen LogP contribution in [0.5, 0.6) is 0 Å². The summed E-state index contributed by atoms with van der Waals surface area (Å²) in [7, 11) is 1.56. The zero-order valence-corrected chi connectivity index (χ0v) is 8.95. The number of hydrogen-bond donors (Lipinski definition) is 1. The molecular formula is C11H15NO3. The number of carbonyl (C=O) groups is 1. The summed E-state index contributed by atoms with van der Waals surface area (Å²) >= 11 is 0. The third kappa shape index (κ3) is 2.95. The molecule has 0 spiro atoms. The van der Waals surface area contributed by atoms with Crippen LogP contribution in [0.2, 0.25) is 0 Å². The minimum absolute atomic E-state index is 0.254. The average Bonchev–Trinajstić information content (AvgIpc) is 2.22. The van der Waals surface area contributed by atoms with Gasteiger partial charge in [-0.2, -0.15) is 0 Å².